The smallest absolute Gasteiger partial charge is 0.215 e. The number of anilines is 1. The number of hydrogen-bond acceptors (Lipinski definition) is 7. The standard InChI is InChI=1S/C12H15N7S/c1-13-9-6-10(15-11(14-9)7-2-3-7)20-12-16-17-18-19(12)8-4-5-8/h6-8H,2-5H2,1H3,(H,13,14,15). The van der Waals surface area contributed by atoms with Crippen molar-refractivity contribution in [1.82, 2.24) is 30.2 Å². The third kappa shape index (κ3) is 2.35. The van der Waals surface area contributed by atoms with E-state index >= 15 is 0 Å². The van der Waals surface area contributed by atoms with Crippen LogP contribution >= 0.6 is 11.8 Å². The molecule has 0 saturated heterocycles. The second kappa shape index (κ2) is 4.69. The van der Waals surface area contributed by atoms with E-state index in [2.05, 4.69) is 30.8 Å². The van der Waals surface area contributed by atoms with Crippen LogP contribution in [0.5, 0.6) is 0 Å². The highest BCUT2D eigenvalue weighted by Crippen LogP contribution is 2.40. The fraction of sp³-hybridized carbons (Fsp3) is 0.583. The summed E-state index contributed by atoms with van der Waals surface area (Å²) in [6.07, 6.45) is 4.71. The van der Waals surface area contributed by atoms with Gasteiger partial charge in [0.15, 0.2) is 0 Å². The second-order valence-corrected chi connectivity index (χ2v) is 6.20. The van der Waals surface area contributed by atoms with Gasteiger partial charge >= 0.3 is 0 Å². The zero-order valence-corrected chi connectivity index (χ0v) is 12.0. The van der Waals surface area contributed by atoms with Gasteiger partial charge in [0.1, 0.15) is 16.7 Å². The fourth-order valence-corrected chi connectivity index (χ4v) is 2.89. The topological polar surface area (TPSA) is 81.4 Å². The quantitative estimate of drug-likeness (QED) is 0.841. The lowest BCUT2D eigenvalue weighted by atomic mass is 10.4. The van der Waals surface area contributed by atoms with E-state index in [-0.39, 0.29) is 0 Å². The summed E-state index contributed by atoms with van der Waals surface area (Å²) in [6, 6.07) is 2.42. The van der Waals surface area contributed by atoms with Crippen molar-refractivity contribution in [2.24, 2.45) is 0 Å². The number of nitrogens with zero attached hydrogens (tertiary/aromatic N) is 6. The summed E-state index contributed by atoms with van der Waals surface area (Å²) in [5.74, 6) is 2.32. The zero-order chi connectivity index (χ0) is 13.5. The molecule has 2 aromatic rings. The third-order valence-corrected chi connectivity index (χ3v) is 4.34. The molecule has 2 aliphatic carbocycles. The van der Waals surface area contributed by atoms with Gasteiger partial charge in [0.25, 0.3) is 0 Å². The molecule has 0 bridgehead atoms. The molecule has 1 N–H and O–H groups in total. The Labute approximate surface area is 120 Å². The highest BCUT2D eigenvalue weighted by molar-refractivity contribution is 7.99. The van der Waals surface area contributed by atoms with Crippen molar-refractivity contribution >= 4 is 17.6 Å². The predicted octanol–water partition coefficient (Wildman–Crippen LogP) is 1.87. The van der Waals surface area contributed by atoms with Crippen molar-refractivity contribution in [3.05, 3.63) is 11.9 Å². The summed E-state index contributed by atoms with van der Waals surface area (Å²) in [5, 5.41) is 16.8. The average molecular weight is 289 g/mol. The summed E-state index contributed by atoms with van der Waals surface area (Å²) < 4.78 is 1.91. The normalized spacial score (nSPS) is 18.2. The Kier molecular flexibility index (Phi) is 2.83. The van der Waals surface area contributed by atoms with Crippen molar-refractivity contribution in [2.45, 2.75) is 47.8 Å². The summed E-state index contributed by atoms with van der Waals surface area (Å²) in [6.45, 7) is 0. The van der Waals surface area contributed by atoms with Gasteiger partial charge in [0.05, 0.1) is 6.04 Å². The van der Waals surface area contributed by atoms with Gasteiger partial charge in [0.2, 0.25) is 5.16 Å². The van der Waals surface area contributed by atoms with Gasteiger partial charge in [0, 0.05) is 19.0 Å². The van der Waals surface area contributed by atoms with Crippen LogP contribution < -0.4 is 5.32 Å². The molecule has 0 amide bonds. The third-order valence-electron chi connectivity index (χ3n) is 3.47. The van der Waals surface area contributed by atoms with E-state index in [1.165, 1.54) is 24.6 Å². The summed E-state index contributed by atoms with van der Waals surface area (Å²) in [7, 11) is 1.88. The molecule has 2 aliphatic rings. The molecule has 2 aromatic heterocycles. The van der Waals surface area contributed by atoms with Gasteiger partial charge in [-0.3, -0.25) is 0 Å². The molecule has 8 heteroatoms. The van der Waals surface area contributed by atoms with Gasteiger partial charge in [-0.05, 0) is 47.9 Å². The van der Waals surface area contributed by atoms with Crippen LogP contribution in [0.2, 0.25) is 0 Å². The van der Waals surface area contributed by atoms with Crippen LogP contribution in [0.25, 0.3) is 0 Å². The maximum absolute atomic E-state index is 4.64. The Hall–Kier alpha value is -1.70. The number of aromatic nitrogens is 6. The van der Waals surface area contributed by atoms with Crippen molar-refractivity contribution in [3.8, 4) is 0 Å². The molecule has 0 atom stereocenters. The summed E-state index contributed by atoms with van der Waals surface area (Å²) >= 11 is 1.51. The van der Waals surface area contributed by atoms with E-state index in [4.69, 9.17) is 0 Å². The molecule has 0 aliphatic heterocycles. The van der Waals surface area contributed by atoms with Gasteiger partial charge in [-0.15, -0.1) is 5.10 Å². The average Bonchev–Trinajstić information content (AvgIpc) is 3.37. The van der Waals surface area contributed by atoms with Crippen molar-refractivity contribution in [2.75, 3.05) is 12.4 Å². The largest absolute Gasteiger partial charge is 0.373 e. The van der Waals surface area contributed by atoms with Crippen LogP contribution in [0.4, 0.5) is 5.82 Å². The summed E-state index contributed by atoms with van der Waals surface area (Å²) in [4.78, 5) is 9.16. The minimum absolute atomic E-state index is 0.473. The van der Waals surface area contributed by atoms with Gasteiger partial charge in [-0.1, -0.05) is 0 Å². The maximum Gasteiger partial charge on any atom is 0.215 e. The van der Waals surface area contributed by atoms with Gasteiger partial charge in [-0.2, -0.15) is 0 Å². The fourth-order valence-electron chi connectivity index (χ4n) is 2.04. The van der Waals surface area contributed by atoms with Gasteiger partial charge < -0.3 is 5.32 Å². The Balaban J connectivity index is 1.63. The monoisotopic (exact) mass is 289 g/mol. The lowest BCUT2D eigenvalue weighted by molar-refractivity contribution is 0.565. The van der Waals surface area contributed by atoms with Crippen molar-refractivity contribution in [3.63, 3.8) is 0 Å². The molecule has 0 radical (unpaired) electrons. The Bertz CT molecular complexity index is 632. The highest BCUT2D eigenvalue weighted by atomic mass is 32.2. The number of rotatable bonds is 5. The maximum atomic E-state index is 4.64. The molecule has 0 unspecified atom stereocenters. The minimum Gasteiger partial charge on any atom is -0.373 e. The SMILES string of the molecule is CNc1cc(Sc2nnnn2C2CC2)nc(C2CC2)n1. The zero-order valence-electron chi connectivity index (χ0n) is 11.2. The number of tetrazole rings is 1. The first-order valence-electron chi connectivity index (χ1n) is 6.86. The van der Waals surface area contributed by atoms with Crippen LogP contribution in [-0.2, 0) is 0 Å². The Morgan fingerprint density at radius 1 is 1.25 bits per heavy atom. The van der Waals surface area contributed by atoms with E-state index in [1.807, 2.05) is 17.8 Å². The second-order valence-electron chi connectivity index (χ2n) is 5.21. The van der Waals surface area contributed by atoms with Crippen LogP contribution in [0, 0.1) is 0 Å². The molecular formula is C12H15N7S. The Morgan fingerprint density at radius 2 is 2.10 bits per heavy atom. The van der Waals surface area contributed by atoms with Gasteiger partial charge in [-0.25, -0.2) is 14.6 Å². The van der Waals surface area contributed by atoms with Crippen LogP contribution in [0.3, 0.4) is 0 Å². The molecule has 104 valence electrons. The molecule has 7 nitrogen and oxygen atoms in total. The lowest BCUT2D eigenvalue weighted by Gasteiger charge is -2.06. The molecule has 2 fully saturated rings. The Morgan fingerprint density at radius 3 is 2.80 bits per heavy atom. The number of hydrogen-bond donors (Lipinski definition) is 1. The molecule has 0 spiro atoms. The number of nitrogens with one attached hydrogen (secondary N) is 1. The van der Waals surface area contributed by atoms with E-state index in [1.54, 1.807) is 0 Å². The van der Waals surface area contributed by atoms with Crippen molar-refractivity contribution < 1.29 is 0 Å². The van der Waals surface area contributed by atoms with Crippen LogP contribution in [-0.4, -0.2) is 37.2 Å². The van der Waals surface area contributed by atoms with E-state index < -0.39 is 0 Å². The lowest BCUT2D eigenvalue weighted by Crippen LogP contribution is -2.02. The highest BCUT2D eigenvalue weighted by Gasteiger charge is 2.30. The minimum atomic E-state index is 0.473. The molecule has 2 saturated carbocycles. The summed E-state index contributed by atoms with van der Waals surface area (Å²) in [5.41, 5.74) is 0. The van der Waals surface area contributed by atoms with E-state index in [9.17, 15) is 0 Å². The molecule has 0 aromatic carbocycles. The molecule has 20 heavy (non-hydrogen) atoms. The first kappa shape index (κ1) is 12.1. The van der Waals surface area contributed by atoms with Crippen LogP contribution in [0.15, 0.2) is 16.2 Å². The molecule has 4 rings (SSSR count). The van der Waals surface area contributed by atoms with Crippen molar-refractivity contribution in [1.29, 1.82) is 0 Å². The predicted molar refractivity (Wildman–Crippen MR) is 73.8 cm³/mol. The molecular weight excluding hydrogens is 274 g/mol. The first-order chi connectivity index (χ1) is 9.83. The van der Waals surface area contributed by atoms with Crippen LogP contribution in [0.1, 0.15) is 43.5 Å². The van der Waals surface area contributed by atoms with E-state index in [0.29, 0.717) is 12.0 Å². The van der Waals surface area contributed by atoms with E-state index in [0.717, 1.165) is 34.7 Å². The first-order valence-corrected chi connectivity index (χ1v) is 7.67. The molecule has 2 heterocycles.